The maximum atomic E-state index is 12.8. The van der Waals surface area contributed by atoms with E-state index in [1.165, 1.54) is 0 Å². The van der Waals surface area contributed by atoms with E-state index in [1.807, 2.05) is 13.8 Å². The Morgan fingerprint density at radius 1 is 1.00 bits per heavy atom. The fourth-order valence-electron chi connectivity index (χ4n) is 3.77. The molecule has 0 spiro atoms. The van der Waals surface area contributed by atoms with Gasteiger partial charge in [0.2, 0.25) is 0 Å². The first-order valence-electron chi connectivity index (χ1n) is 11.2. The smallest absolute Gasteiger partial charge is 0.338 e. The molecule has 3 atom stereocenters. The summed E-state index contributed by atoms with van der Waals surface area (Å²) >= 11 is 0. The van der Waals surface area contributed by atoms with Crippen molar-refractivity contribution in [1.29, 1.82) is 0 Å². The van der Waals surface area contributed by atoms with Gasteiger partial charge in [0.05, 0.1) is 16.7 Å². The summed E-state index contributed by atoms with van der Waals surface area (Å²) in [7, 11) is 0. The van der Waals surface area contributed by atoms with Gasteiger partial charge in [0, 0.05) is 12.6 Å². The predicted octanol–water partition coefficient (Wildman–Crippen LogP) is 2.34. The molecule has 0 saturated carbocycles. The lowest BCUT2D eigenvalue weighted by Crippen LogP contribution is -2.34. The van der Waals surface area contributed by atoms with Crippen LogP contribution in [0.15, 0.2) is 64.3 Å². The SMILES string of the molecule is Cc1ccc(C(=O)OC[C@@H]2O[C@@H](n3cc(C=O)c(=O)[nH]c3=O)C[C@H]2OC(=O)c2ccc(C)cc2)cc1. The molecule has 3 aromatic rings. The fourth-order valence-corrected chi connectivity index (χ4v) is 3.77. The number of nitrogens with zero attached hydrogens (tertiary/aromatic N) is 1. The van der Waals surface area contributed by atoms with Gasteiger partial charge in [0.15, 0.2) is 6.29 Å². The van der Waals surface area contributed by atoms with Crippen LogP contribution in [0.4, 0.5) is 0 Å². The van der Waals surface area contributed by atoms with E-state index in [4.69, 9.17) is 14.2 Å². The molecule has 0 unspecified atom stereocenters. The number of aromatic nitrogens is 2. The van der Waals surface area contributed by atoms with E-state index in [9.17, 15) is 24.0 Å². The third-order valence-corrected chi connectivity index (χ3v) is 5.82. The van der Waals surface area contributed by atoms with Gasteiger partial charge in [0.1, 0.15) is 25.0 Å². The Labute approximate surface area is 205 Å². The maximum absolute atomic E-state index is 12.8. The largest absolute Gasteiger partial charge is 0.459 e. The molecular weight excluding hydrogens is 468 g/mol. The van der Waals surface area contributed by atoms with Crippen LogP contribution in [0.5, 0.6) is 0 Å². The Bertz CT molecular complexity index is 1390. The normalized spacial score (nSPS) is 19.0. The summed E-state index contributed by atoms with van der Waals surface area (Å²) in [6.07, 6.45) is -1.34. The van der Waals surface area contributed by atoms with Crippen molar-refractivity contribution in [2.24, 2.45) is 0 Å². The summed E-state index contributed by atoms with van der Waals surface area (Å²) in [6, 6.07) is 13.6. The lowest BCUT2D eigenvalue weighted by molar-refractivity contribution is -0.0582. The number of nitrogens with one attached hydrogen (secondary N) is 1. The first-order valence-corrected chi connectivity index (χ1v) is 11.2. The number of aryl methyl sites for hydroxylation is 2. The molecule has 2 heterocycles. The number of hydrogen-bond acceptors (Lipinski definition) is 8. The topological polar surface area (TPSA) is 134 Å². The van der Waals surface area contributed by atoms with Gasteiger partial charge in [-0.15, -0.1) is 0 Å². The Morgan fingerprint density at radius 2 is 1.58 bits per heavy atom. The second-order valence-corrected chi connectivity index (χ2v) is 8.51. The fraction of sp³-hybridized carbons (Fsp3) is 0.269. The summed E-state index contributed by atoms with van der Waals surface area (Å²) in [5.74, 6) is -1.20. The Balaban J connectivity index is 1.55. The molecule has 4 rings (SSSR count). The van der Waals surface area contributed by atoms with Crippen molar-refractivity contribution in [1.82, 2.24) is 9.55 Å². The molecule has 0 aliphatic carbocycles. The molecule has 186 valence electrons. The Hall–Kier alpha value is -4.31. The van der Waals surface area contributed by atoms with Crippen molar-refractivity contribution >= 4 is 18.2 Å². The van der Waals surface area contributed by atoms with E-state index in [0.717, 1.165) is 21.9 Å². The molecule has 1 N–H and O–H groups in total. The zero-order valence-corrected chi connectivity index (χ0v) is 19.6. The Kier molecular flexibility index (Phi) is 7.25. The zero-order chi connectivity index (χ0) is 25.8. The number of H-pyrrole nitrogens is 1. The molecule has 0 radical (unpaired) electrons. The number of ether oxygens (including phenoxy) is 3. The monoisotopic (exact) mass is 492 g/mol. The highest BCUT2D eigenvalue weighted by atomic mass is 16.6. The molecule has 10 heteroatoms. The first kappa shape index (κ1) is 24.8. The number of esters is 2. The molecule has 1 aliphatic heterocycles. The lowest BCUT2D eigenvalue weighted by Gasteiger charge is -2.19. The van der Waals surface area contributed by atoms with E-state index in [2.05, 4.69) is 4.98 Å². The van der Waals surface area contributed by atoms with E-state index < -0.39 is 41.6 Å². The van der Waals surface area contributed by atoms with Gasteiger partial charge in [-0.2, -0.15) is 0 Å². The average Bonchev–Trinajstić information content (AvgIpc) is 3.25. The molecule has 1 aromatic heterocycles. The lowest BCUT2D eigenvalue weighted by atomic mass is 10.1. The van der Waals surface area contributed by atoms with Crippen LogP contribution < -0.4 is 11.2 Å². The van der Waals surface area contributed by atoms with Crippen molar-refractivity contribution in [3.05, 3.63) is 103 Å². The van der Waals surface area contributed by atoms with Crippen molar-refractivity contribution in [2.45, 2.75) is 38.7 Å². The van der Waals surface area contributed by atoms with Crippen molar-refractivity contribution in [3.8, 4) is 0 Å². The minimum atomic E-state index is -0.980. The highest BCUT2D eigenvalue weighted by Crippen LogP contribution is 2.31. The number of aromatic amines is 1. The molecule has 2 aromatic carbocycles. The summed E-state index contributed by atoms with van der Waals surface area (Å²) in [5.41, 5.74) is 0.741. The summed E-state index contributed by atoms with van der Waals surface area (Å²) in [4.78, 5) is 62.6. The van der Waals surface area contributed by atoms with Crippen LogP contribution in [0.3, 0.4) is 0 Å². The second-order valence-electron chi connectivity index (χ2n) is 8.51. The van der Waals surface area contributed by atoms with E-state index >= 15 is 0 Å². The number of rotatable bonds is 7. The zero-order valence-electron chi connectivity index (χ0n) is 19.6. The van der Waals surface area contributed by atoms with Crippen molar-refractivity contribution < 1.29 is 28.6 Å². The summed E-state index contributed by atoms with van der Waals surface area (Å²) in [5, 5.41) is 0. The molecule has 36 heavy (non-hydrogen) atoms. The highest BCUT2D eigenvalue weighted by Gasteiger charge is 2.40. The van der Waals surface area contributed by atoms with Crippen molar-refractivity contribution in [2.75, 3.05) is 6.61 Å². The minimum Gasteiger partial charge on any atom is -0.459 e. The van der Waals surface area contributed by atoms with Crippen LogP contribution in [-0.2, 0) is 14.2 Å². The van der Waals surface area contributed by atoms with Gasteiger partial charge in [0.25, 0.3) is 5.56 Å². The molecule has 1 aliphatic rings. The van der Waals surface area contributed by atoms with Crippen LogP contribution in [-0.4, -0.2) is 46.6 Å². The van der Waals surface area contributed by atoms with Crippen LogP contribution in [0.2, 0.25) is 0 Å². The quantitative estimate of drug-likeness (QED) is 0.392. The number of hydrogen-bond donors (Lipinski definition) is 1. The number of benzene rings is 2. The summed E-state index contributed by atoms with van der Waals surface area (Å²) < 4.78 is 18.0. The highest BCUT2D eigenvalue weighted by molar-refractivity contribution is 5.90. The van der Waals surface area contributed by atoms with Gasteiger partial charge < -0.3 is 14.2 Å². The maximum Gasteiger partial charge on any atom is 0.338 e. The molecule has 0 bridgehead atoms. The standard InChI is InChI=1S/C26H24N2O8/c1-15-3-7-17(8-4-15)24(31)34-14-21-20(36-25(32)18-9-5-16(2)6-10-18)11-22(35-21)28-12-19(13-29)23(30)27-26(28)33/h3-10,12-13,20-22H,11,14H2,1-2H3,(H,27,30,33)/t20-,21+,22-/m1/s1. The third kappa shape index (κ3) is 5.49. The van der Waals surface area contributed by atoms with Gasteiger partial charge in [-0.25, -0.2) is 14.4 Å². The van der Waals surface area contributed by atoms with Crippen LogP contribution >= 0.6 is 0 Å². The van der Waals surface area contributed by atoms with Gasteiger partial charge in [-0.3, -0.25) is 19.1 Å². The van der Waals surface area contributed by atoms with E-state index in [-0.39, 0.29) is 18.6 Å². The molecule has 1 fully saturated rings. The molecule has 1 saturated heterocycles. The second kappa shape index (κ2) is 10.5. The average molecular weight is 492 g/mol. The van der Waals surface area contributed by atoms with Gasteiger partial charge in [-0.1, -0.05) is 35.4 Å². The van der Waals surface area contributed by atoms with Crippen LogP contribution in [0, 0.1) is 13.8 Å². The van der Waals surface area contributed by atoms with E-state index in [1.54, 1.807) is 48.5 Å². The Morgan fingerprint density at radius 3 is 2.17 bits per heavy atom. The predicted molar refractivity (Wildman–Crippen MR) is 127 cm³/mol. The number of aldehydes is 1. The van der Waals surface area contributed by atoms with Crippen LogP contribution in [0.25, 0.3) is 0 Å². The van der Waals surface area contributed by atoms with Gasteiger partial charge in [-0.05, 0) is 38.1 Å². The van der Waals surface area contributed by atoms with Gasteiger partial charge >= 0.3 is 17.6 Å². The van der Waals surface area contributed by atoms with Crippen LogP contribution in [0.1, 0.15) is 54.8 Å². The number of carbonyl (C=O) groups excluding carboxylic acids is 3. The molecule has 0 amide bonds. The third-order valence-electron chi connectivity index (χ3n) is 5.82. The minimum absolute atomic E-state index is 0.0224. The van der Waals surface area contributed by atoms with Crippen molar-refractivity contribution in [3.63, 3.8) is 0 Å². The molecular formula is C26H24N2O8. The molecule has 10 nitrogen and oxygen atoms in total. The summed E-state index contributed by atoms with van der Waals surface area (Å²) in [6.45, 7) is 3.52. The first-order chi connectivity index (χ1) is 17.2. The number of carbonyl (C=O) groups is 3. The van der Waals surface area contributed by atoms with E-state index in [0.29, 0.717) is 17.4 Å².